The fourth-order valence-corrected chi connectivity index (χ4v) is 4.75. The van der Waals surface area contributed by atoms with E-state index in [1.54, 1.807) is 13.8 Å². The van der Waals surface area contributed by atoms with Gasteiger partial charge in [0.1, 0.15) is 16.4 Å². The minimum absolute atomic E-state index is 0.122. The molecule has 0 spiro atoms. The second kappa shape index (κ2) is 5.48. The Morgan fingerprint density at radius 1 is 1.20 bits per heavy atom. The molecule has 0 aliphatic carbocycles. The second-order valence-corrected chi connectivity index (χ2v) is 7.18. The third kappa shape index (κ3) is 2.63. The maximum absolute atomic E-state index is 12.8. The quantitative estimate of drug-likeness (QED) is 0.905. The largest absolute Gasteiger partial charge is 0.465 e. The molecule has 1 aliphatic heterocycles. The van der Waals surface area contributed by atoms with Crippen LogP contribution in [0.3, 0.4) is 0 Å². The summed E-state index contributed by atoms with van der Waals surface area (Å²) >= 11 is 0. The summed E-state index contributed by atoms with van der Waals surface area (Å²) in [5, 5.41) is 0. The van der Waals surface area contributed by atoms with Crippen molar-refractivity contribution in [2.24, 2.45) is 5.73 Å². The van der Waals surface area contributed by atoms with Gasteiger partial charge in [0.25, 0.3) is 0 Å². The molecule has 0 amide bonds. The van der Waals surface area contributed by atoms with Crippen LogP contribution in [-0.2, 0) is 21.3 Å². The number of nitrogens with zero attached hydrogens (tertiary/aromatic N) is 1. The lowest BCUT2D eigenvalue weighted by Crippen LogP contribution is -2.48. The summed E-state index contributed by atoms with van der Waals surface area (Å²) in [6.07, 6.45) is -0.244. The van der Waals surface area contributed by atoms with Gasteiger partial charge in [0, 0.05) is 25.2 Å². The molecule has 1 aliphatic rings. The van der Waals surface area contributed by atoms with Gasteiger partial charge in [0.15, 0.2) is 0 Å². The molecule has 0 saturated carbocycles. The van der Waals surface area contributed by atoms with E-state index in [1.165, 1.54) is 4.31 Å². The van der Waals surface area contributed by atoms with E-state index in [2.05, 4.69) is 0 Å². The van der Waals surface area contributed by atoms with Crippen LogP contribution in [0, 0.1) is 13.8 Å². The Morgan fingerprint density at radius 2 is 1.75 bits per heavy atom. The lowest BCUT2D eigenvalue weighted by molar-refractivity contribution is -0.0441. The highest BCUT2D eigenvalue weighted by atomic mass is 32.2. The molecule has 20 heavy (non-hydrogen) atoms. The first kappa shape index (κ1) is 15.5. The Bertz CT molecular complexity index is 584. The summed E-state index contributed by atoms with van der Waals surface area (Å²) in [6, 6.07) is 0. The standard InChI is InChI=1S/C13H22N2O4S/c1-8-6-15(7-9(2)18-8)20(16,17)13-11(4)19-10(3)12(13)5-14/h8-9H,5-7,14H2,1-4H3. The Balaban J connectivity index is 2.45. The zero-order valence-corrected chi connectivity index (χ0v) is 13.2. The zero-order valence-electron chi connectivity index (χ0n) is 12.3. The van der Waals surface area contributed by atoms with E-state index in [0.29, 0.717) is 30.2 Å². The first-order valence-corrected chi connectivity index (χ1v) is 8.16. The Hall–Kier alpha value is -0.890. The summed E-state index contributed by atoms with van der Waals surface area (Å²) < 4.78 is 38.2. The molecule has 0 radical (unpaired) electrons. The molecule has 2 N–H and O–H groups in total. The molecule has 2 unspecified atom stereocenters. The number of aryl methyl sites for hydroxylation is 2. The molecule has 6 nitrogen and oxygen atoms in total. The number of sulfonamides is 1. The SMILES string of the molecule is Cc1oc(C)c(S(=O)(=O)N2CC(C)OC(C)C2)c1CN. The van der Waals surface area contributed by atoms with Gasteiger partial charge in [-0.1, -0.05) is 0 Å². The van der Waals surface area contributed by atoms with Crippen molar-refractivity contribution in [1.29, 1.82) is 0 Å². The van der Waals surface area contributed by atoms with Crippen molar-refractivity contribution in [1.82, 2.24) is 4.31 Å². The van der Waals surface area contributed by atoms with Crippen molar-refractivity contribution in [3.8, 4) is 0 Å². The smallest absolute Gasteiger partial charge is 0.247 e. The number of ether oxygens (including phenoxy) is 1. The predicted octanol–water partition coefficient (Wildman–Crippen LogP) is 1.15. The van der Waals surface area contributed by atoms with Crippen molar-refractivity contribution in [3.63, 3.8) is 0 Å². The first-order valence-electron chi connectivity index (χ1n) is 6.72. The van der Waals surface area contributed by atoms with Crippen LogP contribution in [0.1, 0.15) is 30.9 Å². The first-order chi connectivity index (χ1) is 9.27. The lowest BCUT2D eigenvalue weighted by atomic mass is 10.2. The van der Waals surface area contributed by atoms with Crippen LogP contribution in [0.15, 0.2) is 9.31 Å². The molecule has 1 aromatic rings. The second-order valence-electron chi connectivity index (χ2n) is 5.31. The number of hydrogen-bond acceptors (Lipinski definition) is 5. The predicted molar refractivity (Wildman–Crippen MR) is 74.8 cm³/mol. The Morgan fingerprint density at radius 3 is 2.25 bits per heavy atom. The molecule has 0 aromatic carbocycles. The number of hydrogen-bond donors (Lipinski definition) is 1. The highest BCUT2D eigenvalue weighted by molar-refractivity contribution is 7.89. The van der Waals surface area contributed by atoms with Gasteiger partial charge in [0.2, 0.25) is 10.0 Å². The van der Waals surface area contributed by atoms with Crippen molar-refractivity contribution in [2.45, 2.75) is 51.3 Å². The Labute approximate surface area is 119 Å². The maximum Gasteiger partial charge on any atom is 0.247 e. The van der Waals surface area contributed by atoms with Crippen LogP contribution in [0.5, 0.6) is 0 Å². The van der Waals surface area contributed by atoms with Crippen LogP contribution in [0.25, 0.3) is 0 Å². The molecule has 1 aromatic heterocycles. The van der Waals surface area contributed by atoms with E-state index in [4.69, 9.17) is 14.9 Å². The van der Waals surface area contributed by atoms with E-state index >= 15 is 0 Å². The number of morpholine rings is 1. The van der Waals surface area contributed by atoms with Crippen LogP contribution in [0.4, 0.5) is 0 Å². The molecule has 2 heterocycles. The lowest BCUT2D eigenvalue weighted by Gasteiger charge is -2.34. The molecule has 0 bridgehead atoms. The summed E-state index contributed by atoms with van der Waals surface area (Å²) in [6.45, 7) is 7.98. The third-order valence-corrected chi connectivity index (χ3v) is 5.54. The van der Waals surface area contributed by atoms with Crippen LogP contribution < -0.4 is 5.73 Å². The highest BCUT2D eigenvalue weighted by Gasteiger charge is 2.36. The molecule has 2 atom stereocenters. The van der Waals surface area contributed by atoms with Crippen LogP contribution in [-0.4, -0.2) is 38.0 Å². The fraction of sp³-hybridized carbons (Fsp3) is 0.692. The minimum atomic E-state index is -3.60. The summed E-state index contributed by atoms with van der Waals surface area (Å²) in [5.41, 5.74) is 6.24. The van der Waals surface area contributed by atoms with E-state index in [0.717, 1.165) is 0 Å². The van der Waals surface area contributed by atoms with E-state index in [1.807, 2.05) is 13.8 Å². The normalized spacial score (nSPS) is 25.1. The minimum Gasteiger partial charge on any atom is -0.465 e. The number of furan rings is 1. The summed E-state index contributed by atoms with van der Waals surface area (Å²) in [5.74, 6) is 0.965. The van der Waals surface area contributed by atoms with Gasteiger partial charge >= 0.3 is 0 Å². The average Bonchev–Trinajstić information content (AvgIpc) is 2.62. The van der Waals surface area contributed by atoms with Gasteiger partial charge in [-0.2, -0.15) is 4.31 Å². The zero-order chi connectivity index (χ0) is 15.1. The summed E-state index contributed by atoms with van der Waals surface area (Å²) in [7, 11) is -3.60. The van der Waals surface area contributed by atoms with Gasteiger partial charge in [-0.25, -0.2) is 8.42 Å². The molecule has 2 rings (SSSR count). The van der Waals surface area contributed by atoms with Crippen LogP contribution >= 0.6 is 0 Å². The van der Waals surface area contributed by atoms with E-state index < -0.39 is 10.0 Å². The van der Waals surface area contributed by atoms with Crippen molar-refractivity contribution in [3.05, 3.63) is 17.1 Å². The summed E-state index contributed by atoms with van der Waals surface area (Å²) in [4.78, 5) is 0.221. The number of nitrogens with two attached hydrogens (primary N) is 1. The monoisotopic (exact) mass is 302 g/mol. The molecular weight excluding hydrogens is 280 g/mol. The van der Waals surface area contributed by atoms with Gasteiger partial charge in [-0.15, -0.1) is 0 Å². The van der Waals surface area contributed by atoms with E-state index in [9.17, 15) is 8.42 Å². The van der Waals surface area contributed by atoms with Gasteiger partial charge < -0.3 is 14.9 Å². The average molecular weight is 302 g/mol. The fourth-order valence-electron chi connectivity index (χ4n) is 2.74. The third-order valence-electron chi connectivity index (χ3n) is 3.51. The molecule has 7 heteroatoms. The van der Waals surface area contributed by atoms with Crippen LogP contribution in [0.2, 0.25) is 0 Å². The van der Waals surface area contributed by atoms with Crippen molar-refractivity contribution >= 4 is 10.0 Å². The molecule has 114 valence electrons. The molecular formula is C13H22N2O4S. The number of rotatable bonds is 3. The topological polar surface area (TPSA) is 85.8 Å². The van der Waals surface area contributed by atoms with E-state index in [-0.39, 0.29) is 23.6 Å². The molecule has 1 saturated heterocycles. The van der Waals surface area contributed by atoms with Gasteiger partial charge in [-0.3, -0.25) is 0 Å². The van der Waals surface area contributed by atoms with Gasteiger partial charge in [-0.05, 0) is 27.7 Å². The van der Waals surface area contributed by atoms with Crippen molar-refractivity contribution < 1.29 is 17.6 Å². The highest BCUT2D eigenvalue weighted by Crippen LogP contribution is 2.30. The Kier molecular flexibility index (Phi) is 4.24. The van der Waals surface area contributed by atoms with Gasteiger partial charge in [0.05, 0.1) is 12.2 Å². The maximum atomic E-state index is 12.8. The molecule has 1 fully saturated rings. The van der Waals surface area contributed by atoms with Crippen molar-refractivity contribution in [2.75, 3.05) is 13.1 Å².